The van der Waals surface area contributed by atoms with Crippen LogP contribution in [-0.4, -0.2) is 66.8 Å². The molecule has 2 rings (SSSR count). The molecule has 0 bridgehead atoms. The Morgan fingerprint density at radius 3 is 2.41 bits per heavy atom. The van der Waals surface area contributed by atoms with Gasteiger partial charge >= 0.3 is 0 Å². The third-order valence-corrected chi connectivity index (χ3v) is 4.51. The minimum atomic E-state index is -0.360. The molecule has 1 heterocycles. The summed E-state index contributed by atoms with van der Waals surface area (Å²) in [6.07, 6.45) is 2.38. The van der Waals surface area contributed by atoms with Crippen LogP contribution in [0.5, 0.6) is 0 Å². The second kappa shape index (κ2) is 4.84. The van der Waals surface area contributed by atoms with Gasteiger partial charge in [-0.25, -0.2) is 0 Å². The van der Waals surface area contributed by atoms with Gasteiger partial charge in [-0.15, -0.1) is 0 Å². The van der Waals surface area contributed by atoms with E-state index < -0.39 is 0 Å². The van der Waals surface area contributed by atoms with Gasteiger partial charge in [0.05, 0.1) is 12.1 Å². The minimum Gasteiger partial charge on any atom is -0.394 e. The van der Waals surface area contributed by atoms with E-state index in [9.17, 15) is 5.11 Å². The fourth-order valence-electron chi connectivity index (χ4n) is 3.23. The normalized spacial score (nSPS) is 34.2. The Morgan fingerprint density at radius 2 is 2.00 bits per heavy atom. The maximum atomic E-state index is 9.53. The average molecular weight is 241 g/mol. The first-order valence-corrected chi connectivity index (χ1v) is 6.75. The first kappa shape index (κ1) is 13.3. The van der Waals surface area contributed by atoms with Crippen molar-refractivity contribution in [1.82, 2.24) is 9.80 Å². The van der Waals surface area contributed by atoms with E-state index >= 15 is 0 Å². The van der Waals surface area contributed by atoms with Gasteiger partial charge in [0, 0.05) is 25.7 Å². The highest BCUT2D eigenvalue weighted by molar-refractivity contribution is 5.02. The summed E-state index contributed by atoms with van der Waals surface area (Å²) in [6, 6.07) is 0.622. The van der Waals surface area contributed by atoms with Crippen molar-refractivity contribution in [2.75, 3.05) is 40.3 Å². The molecular formula is C13H27N3O. The predicted molar refractivity (Wildman–Crippen MR) is 69.8 cm³/mol. The van der Waals surface area contributed by atoms with E-state index in [1.807, 2.05) is 0 Å². The smallest absolute Gasteiger partial charge is 0.0626 e. The number of hydrogen-bond donors (Lipinski definition) is 2. The molecule has 0 amide bonds. The van der Waals surface area contributed by atoms with Gasteiger partial charge in [-0.2, -0.15) is 0 Å². The number of nitrogens with zero attached hydrogens (tertiary/aromatic N) is 2. The number of aliphatic hydroxyl groups excluding tert-OH is 1. The Hall–Kier alpha value is -0.160. The van der Waals surface area contributed by atoms with Crippen LogP contribution in [0.4, 0.5) is 0 Å². The molecule has 0 aromatic rings. The van der Waals surface area contributed by atoms with E-state index in [2.05, 4.69) is 30.8 Å². The second-order valence-corrected chi connectivity index (χ2v) is 6.37. The molecule has 1 aliphatic carbocycles. The van der Waals surface area contributed by atoms with Crippen LogP contribution < -0.4 is 5.73 Å². The van der Waals surface area contributed by atoms with E-state index in [0.717, 1.165) is 19.6 Å². The fourth-order valence-corrected chi connectivity index (χ4v) is 3.23. The van der Waals surface area contributed by atoms with Crippen molar-refractivity contribution in [3.05, 3.63) is 0 Å². The van der Waals surface area contributed by atoms with Crippen LogP contribution >= 0.6 is 0 Å². The van der Waals surface area contributed by atoms with Crippen LogP contribution in [-0.2, 0) is 0 Å². The molecule has 3 atom stereocenters. The molecule has 4 nitrogen and oxygen atoms in total. The first-order valence-electron chi connectivity index (χ1n) is 6.75. The zero-order chi connectivity index (χ0) is 12.6. The molecule has 0 radical (unpaired) electrons. The van der Waals surface area contributed by atoms with E-state index in [1.54, 1.807) is 0 Å². The van der Waals surface area contributed by atoms with Crippen molar-refractivity contribution < 1.29 is 5.11 Å². The minimum absolute atomic E-state index is 0.120. The number of likely N-dealkylation sites (N-methyl/N-ethyl adjacent to an activating group) is 1. The second-order valence-electron chi connectivity index (χ2n) is 6.37. The van der Waals surface area contributed by atoms with E-state index in [-0.39, 0.29) is 12.1 Å². The summed E-state index contributed by atoms with van der Waals surface area (Å²) in [5, 5.41) is 9.53. The summed E-state index contributed by atoms with van der Waals surface area (Å²) in [6.45, 7) is 5.46. The largest absolute Gasteiger partial charge is 0.394 e. The number of aliphatic hydroxyl groups is 1. The van der Waals surface area contributed by atoms with Gasteiger partial charge in [-0.3, -0.25) is 4.90 Å². The SMILES string of the molecule is CC1CN(CC(N)(CO)C2CC2)CC1N(C)C. The summed E-state index contributed by atoms with van der Waals surface area (Å²) in [5.74, 6) is 1.23. The third-order valence-electron chi connectivity index (χ3n) is 4.51. The molecule has 17 heavy (non-hydrogen) atoms. The van der Waals surface area contributed by atoms with Crippen LogP contribution in [0.15, 0.2) is 0 Å². The Balaban J connectivity index is 1.92. The standard InChI is InChI=1S/C13H27N3O/c1-10-6-16(7-12(10)15(2)3)8-13(14,9-17)11-4-5-11/h10-12,17H,4-9,14H2,1-3H3. The maximum absolute atomic E-state index is 9.53. The fraction of sp³-hybridized carbons (Fsp3) is 1.00. The molecule has 4 heteroatoms. The number of likely N-dealkylation sites (tertiary alicyclic amines) is 1. The molecule has 3 N–H and O–H groups in total. The predicted octanol–water partition coefficient (Wildman–Crippen LogP) is -0.0319. The Kier molecular flexibility index (Phi) is 3.78. The zero-order valence-corrected chi connectivity index (χ0v) is 11.4. The zero-order valence-electron chi connectivity index (χ0n) is 11.4. The lowest BCUT2D eigenvalue weighted by atomic mass is 9.95. The number of hydrogen-bond acceptors (Lipinski definition) is 4. The molecular weight excluding hydrogens is 214 g/mol. The lowest BCUT2D eigenvalue weighted by Crippen LogP contribution is -2.54. The monoisotopic (exact) mass is 241 g/mol. The van der Waals surface area contributed by atoms with Crippen LogP contribution in [0, 0.1) is 11.8 Å². The van der Waals surface area contributed by atoms with E-state index in [0.29, 0.717) is 17.9 Å². The van der Waals surface area contributed by atoms with Crippen LogP contribution in [0.3, 0.4) is 0 Å². The third kappa shape index (κ3) is 2.81. The number of rotatable bonds is 5. The summed E-state index contributed by atoms with van der Waals surface area (Å²) < 4.78 is 0. The van der Waals surface area contributed by atoms with Crippen LogP contribution in [0.25, 0.3) is 0 Å². The molecule has 1 saturated carbocycles. The molecule has 1 saturated heterocycles. The Labute approximate surface area is 105 Å². The lowest BCUT2D eigenvalue weighted by Gasteiger charge is -2.32. The van der Waals surface area contributed by atoms with Crippen molar-refractivity contribution in [2.45, 2.75) is 31.3 Å². The van der Waals surface area contributed by atoms with Gasteiger partial charge in [0.2, 0.25) is 0 Å². The summed E-state index contributed by atoms with van der Waals surface area (Å²) >= 11 is 0. The van der Waals surface area contributed by atoms with Gasteiger partial charge in [0.1, 0.15) is 0 Å². The maximum Gasteiger partial charge on any atom is 0.0626 e. The van der Waals surface area contributed by atoms with Crippen LogP contribution in [0.1, 0.15) is 19.8 Å². The molecule has 100 valence electrons. The molecule has 3 unspecified atom stereocenters. The van der Waals surface area contributed by atoms with Gasteiger partial charge in [0.25, 0.3) is 0 Å². The lowest BCUT2D eigenvalue weighted by molar-refractivity contribution is 0.128. The highest BCUT2D eigenvalue weighted by atomic mass is 16.3. The molecule has 0 spiro atoms. The van der Waals surface area contributed by atoms with Gasteiger partial charge in [0.15, 0.2) is 0 Å². The first-order chi connectivity index (χ1) is 7.96. The molecule has 2 aliphatic rings. The van der Waals surface area contributed by atoms with Crippen molar-refractivity contribution in [1.29, 1.82) is 0 Å². The summed E-state index contributed by atoms with van der Waals surface area (Å²) in [4.78, 5) is 4.74. The average Bonchev–Trinajstić information content (AvgIpc) is 3.04. The topological polar surface area (TPSA) is 52.7 Å². The molecule has 0 aromatic carbocycles. The van der Waals surface area contributed by atoms with E-state index in [1.165, 1.54) is 12.8 Å². The Morgan fingerprint density at radius 1 is 1.35 bits per heavy atom. The van der Waals surface area contributed by atoms with Crippen molar-refractivity contribution in [3.8, 4) is 0 Å². The Bertz CT molecular complexity index is 267. The summed E-state index contributed by atoms with van der Waals surface area (Å²) in [5.41, 5.74) is 5.98. The van der Waals surface area contributed by atoms with E-state index in [4.69, 9.17) is 5.73 Å². The number of nitrogens with two attached hydrogens (primary N) is 1. The van der Waals surface area contributed by atoms with Crippen molar-refractivity contribution in [3.63, 3.8) is 0 Å². The highest BCUT2D eigenvalue weighted by Crippen LogP contribution is 2.39. The van der Waals surface area contributed by atoms with Gasteiger partial charge in [-0.05, 0) is 38.8 Å². The van der Waals surface area contributed by atoms with Crippen molar-refractivity contribution >= 4 is 0 Å². The highest BCUT2D eigenvalue weighted by Gasteiger charge is 2.44. The molecule has 1 aliphatic heterocycles. The molecule has 2 fully saturated rings. The quantitative estimate of drug-likeness (QED) is 0.710. The molecule has 0 aromatic heterocycles. The van der Waals surface area contributed by atoms with Crippen molar-refractivity contribution in [2.24, 2.45) is 17.6 Å². The van der Waals surface area contributed by atoms with Gasteiger partial charge in [-0.1, -0.05) is 6.92 Å². The summed E-state index contributed by atoms with van der Waals surface area (Å²) in [7, 11) is 4.29. The van der Waals surface area contributed by atoms with Gasteiger partial charge < -0.3 is 15.7 Å². The van der Waals surface area contributed by atoms with Crippen LogP contribution in [0.2, 0.25) is 0 Å².